The minimum Gasteiger partial charge on any atom is -0.381 e. The van der Waals surface area contributed by atoms with Gasteiger partial charge < -0.3 is 5.32 Å². The maximum atomic E-state index is 3.66. The smallest absolute Gasteiger partial charge is 0.0372 e. The van der Waals surface area contributed by atoms with Crippen LogP contribution in [0.3, 0.4) is 0 Å². The van der Waals surface area contributed by atoms with Crippen molar-refractivity contribution in [3.8, 4) is 0 Å². The number of benzene rings is 1. The molecule has 1 nitrogen and oxygen atoms in total. The summed E-state index contributed by atoms with van der Waals surface area (Å²) in [6.07, 6.45) is 1.86. The molecule has 0 saturated heterocycles. The summed E-state index contributed by atoms with van der Waals surface area (Å²) in [4.78, 5) is 0. The maximum absolute atomic E-state index is 3.66. The third-order valence-electron chi connectivity index (χ3n) is 1.82. The molecule has 1 aromatic rings. The molecule has 0 spiro atoms. The maximum Gasteiger partial charge on any atom is 0.0372 e. The molecule has 0 fully saturated rings. The average molecular weight is 191 g/mol. The third kappa shape index (κ3) is 4.13. The van der Waals surface area contributed by atoms with E-state index in [1.54, 1.807) is 0 Å². The first-order valence-corrected chi connectivity index (χ1v) is 5.16. The summed E-state index contributed by atoms with van der Waals surface area (Å²) in [5.41, 5.74) is 3.79. The molecule has 0 amide bonds. The number of anilines is 1. The molecule has 0 aliphatic carbocycles. The second-order valence-corrected chi connectivity index (χ2v) is 2.99. The van der Waals surface area contributed by atoms with Crippen molar-refractivity contribution in [1.82, 2.24) is 0 Å². The van der Waals surface area contributed by atoms with Gasteiger partial charge in [0.15, 0.2) is 0 Å². The third-order valence-corrected chi connectivity index (χ3v) is 1.82. The number of hydrogen-bond donors (Lipinski definition) is 1. The molecule has 78 valence electrons. The highest BCUT2D eigenvalue weighted by Crippen LogP contribution is 2.15. The summed E-state index contributed by atoms with van der Waals surface area (Å²) in [6.45, 7) is 12.7. The molecule has 1 heteroatoms. The Balaban J connectivity index is 0.000000791. The van der Waals surface area contributed by atoms with E-state index in [1.807, 2.05) is 19.9 Å². The van der Waals surface area contributed by atoms with Gasteiger partial charge in [-0.15, -0.1) is 6.58 Å². The highest BCUT2D eigenvalue weighted by atomic mass is 14.9. The Hall–Kier alpha value is -1.24. The van der Waals surface area contributed by atoms with E-state index in [4.69, 9.17) is 0 Å². The van der Waals surface area contributed by atoms with Crippen molar-refractivity contribution in [2.75, 3.05) is 11.9 Å². The highest BCUT2D eigenvalue weighted by Gasteiger charge is 1.94. The molecule has 0 aromatic heterocycles. The zero-order chi connectivity index (χ0) is 11.0. The van der Waals surface area contributed by atoms with Crippen LogP contribution in [-0.2, 0) is 0 Å². The van der Waals surface area contributed by atoms with Crippen molar-refractivity contribution in [2.45, 2.75) is 27.7 Å². The van der Waals surface area contributed by atoms with E-state index < -0.39 is 0 Å². The standard InChI is InChI=1S/C11H15N.C2H6/c1-4-7-12-11-6-5-9(2)8-10(11)3;1-2/h4-6,8,12H,1,7H2,2-3H3;1-2H3. The van der Waals surface area contributed by atoms with Crippen LogP contribution in [-0.4, -0.2) is 6.54 Å². The minimum atomic E-state index is 0.823. The molecule has 1 N–H and O–H groups in total. The lowest BCUT2D eigenvalue weighted by Crippen LogP contribution is -1.99. The average Bonchev–Trinajstić information content (AvgIpc) is 2.20. The van der Waals surface area contributed by atoms with Gasteiger partial charge in [0.05, 0.1) is 0 Å². The second kappa shape index (κ2) is 7.19. The van der Waals surface area contributed by atoms with Crippen LogP contribution in [0.15, 0.2) is 30.9 Å². The van der Waals surface area contributed by atoms with Gasteiger partial charge in [-0.25, -0.2) is 0 Å². The Morgan fingerprint density at radius 2 is 1.93 bits per heavy atom. The lowest BCUT2D eigenvalue weighted by atomic mass is 10.1. The van der Waals surface area contributed by atoms with Gasteiger partial charge >= 0.3 is 0 Å². The number of rotatable bonds is 3. The van der Waals surface area contributed by atoms with Crippen LogP contribution in [0.5, 0.6) is 0 Å². The summed E-state index contributed by atoms with van der Waals surface area (Å²) in [5, 5.41) is 3.27. The van der Waals surface area contributed by atoms with Gasteiger partial charge in [-0.1, -0.05) is 37.6 Å². The van der Waals surface area contributed by atoms with Gasteiger partial charge in [-0.2, -0.15) is 0 Å². The molecule has 0 atom stereocenters. The molecule has 0 heterocycles. The molecule has 0 saturated carbocycles. The highest BCUT2D eigenvalue weighted by molar-refractivity contribution is 5.52. The van der Waals surface area contributed by atoms with Crippen molar-refractivity contribution in [1.29, 1.82) is 0 Å². The van der Waals surface area contributed by atoms with E-state index >= 15 is 0 Å². The number of aryl methyl sites for hydroxylation is 2. The van der Waals surface area contributed by atoms with E-state index in [2.05, 4.69) is 43.9 Å². The Kier molecular flexibility index (Phi) is 6.55. The van der Waals surface area contributed by atoms with Gasteiger partial charge in [0, 0.05) is 12.2 Å². The Labute approximate surface area is 87.9 Å². The van der Waals surface area contributed by atoms with Crippen molar-refractivity contribution in [2.24, 2.45) is 0 Å². The number of nitrogens with one attached hydrogen (secondary N) is 1. The predicted octanol–water partition coefficient (Wildman–Crippen LogP) is 3.93. The van der Waals surface area contributed by atoms with Crippen LogP contribution >= 0.6 is 0 Å². The van der Waals surface area contributed by atoms with Gasteiger partial charge in [-0.05, 0) is 25.5 Å². The molecule has 14 heavy (non-hydrogen) atoms. The van der Waals surface area contributed by atoms with E-state index in [0.29, 0.717) is 0 Å². The first kappa shape index (κ1) is 12.8. The summed E-state index contributed by atoms with van der Waals surface area (Å²) in [7, 11) is 0. The number of hydrogen-bond acceptors (Lipinski definition) is 1. The van der Waals surface area contributed by atoms with Gasteiger partial charge in [0.25, 0.3) is 0 Å². The van der Waals surface area contributed by atoms with Crippen molar-refractivity contribution < 1.29 is 0 Å². The molecule has 0 aliphatic rings. The zero-order valence-corrected chi connectivity index (χ0v) is 9.72. The summed E-state index contributed by atoms with van der Waals surface area (Å²) >= 11 is 0. The van der Waals surface area contributed by atoms with Crippen molar-refractivity contribution in [3.05, 3.63) is 42.0 Å². The Morgan fingerprint density at radius 3 is 2.43 bits per heavy atom. The lowest BCUT2D eigenvalue weighted by molar-refractivity contribution is 1.29. The van der Waals surface area contributed by atoms with Crippen LogP contribution < -0.4 is 5.32 Å². The largest absolute Gasteiger partial charge is 0.381 e. The fourth-order valence-electron chi connectivity index (χ4n) is 1.19. The van der Waals surface area contributed by atoms with Crippen LogP contribution in [0.25, 0.3) is 0 Å². The molecule has 0 unspecified atom stereocenters. The predicted molar refractivity (Wildman–Crippen MR) is 66.0 cm³/mol. The molecule has 1 rings (SSSR count). The van der Waals surface area contributed by atoms with Crippen LogP contribution in [0.4, 0.5) is 5.69 Å². The molecular formula is C13H21N. The first-order chi connectivity index (χ1) is 6.74. The molecule has 0 radical (unpaired) electrons. The van der Waals surface area contributed by atoms with E-state index in [-0.39, 0.29) is 0 Å². The zero-order valence-electron chi connectivity index (χ0n) is 9.72. The molecule has 0 aliphatic heterocycles. The Bertz CT molecular complexity index is 277. The monoisotopic (exact) mass is 191 g/mol. The second-order valence-electron chi connectivity index (χ2n) is 2.99. The fourth-order valence-corrected chi connectivity index (χ4v) is 1.19. The molecule has 1 aromatic carbocycles. The van der Waals surface area contributed by atoms with Crippen molar-refractivity contribution >= 4 is 5.69 Å². The Morgan fingerprint density at radius 1 is 1.29 bits per heavy atom. The van der Waals surface area contributed by atoms with Gasteiger partial charge in [0.2, 0.25) is 0 Å². The summed E-state index contributed by atoms with van der Waals surface area (Å²) in [5.74, 6) is 0. The molecule has 0 bridgehead atoms. The molecular weight excluding hydrogens is 170 g/mol. The minimum absolute atomic E-state index is 0.823. The summed E-state index contributed by atoms with van der Waals surface area (Å²) in [6, 6.07) is 6.39. The lowest BCUT2D eigenvalue weighted by Gasteiger charge is -2.07. The van der Waals surface area contributed by atoms with Crippen molar-refractivity contribution in [3.63, 3.8) is 0 Å². The van der Waals surface area contributed by atoms with Crippen LogP contribution in [0.1, 0.15) is 25.0 Å². The van der Waals surface area contributed by atoms with Gasteiger partial charge in [0.1, 0.15) is 0 Å². The summed E-state index contributed by atoms with van der Waals surface area (Å²) < 4.78 is 0. The fraction of sp³-hybridized carbons (Fsp3) is 0.385. The van der Waals surface area contributed by atoms with E-state index in [1.165, 1.54) is 16.8 Å². The SMILES string of the molecule is C=CCNc1ccc(C)cc1C.CC. The van der Waals surface area contributed by atoms with Gasteiger partial charge in [-0.3, -0.25) is 0 Å². The van der Waals surface area contributed by atoms with Crippen LogP contribution in [0, 0.1) is 13.8 Å². The van der Waals surface area contributed by atoms with E-state index in [0.717, 1.165) is 6.54 Å². The van der Waals surface area contributed by atoms with E-state index in [9.17, 15) is 0 Å². The first-order valence-electron chi connectivity index (χ1n) is 5.16. The normalized spacial score (nSPS) is 8.57. The van der Waals surface area contributed by atoms with Crippen LogP contribution in [0.2, 0.25) is 0 Å². The quantitative estimate of drug-likeness (QED) is 0.714. The topological polar surface area (TPSA) is 12.0 Å².